The summed E-state index contributed by atoms with van der Waals surface area (Å²) < 4.78 is 33.1. The van der Waals surface area contributed by atoms with Crippen LogP contribution in [0.4, 0.5) is 4.39 Å². The molecule has 2 N–H and O–H groups in total. The van der Waals surface area contributed by atoms with Gasteiger partial charge in [-0.3, -0.25) is 0 Å². The lowest BCUT2D eigenvalue weighted by atomic mass is 10.0. The van der Waals surface area contributed by atoms with Crippen molar-refractivity contribution in [3.63, 3.8) is 0 Å². The van der Waals surface area contributed by atoms with Crippen LogP contribution in [0.15, 0.2) is 69.7 Å². The van der Waals surface area contributed by atoms with Crippen LogP contribution < -0.4 is 9.47 Å². The number of ether oxygens (including phenoxy) is 2. The van der Waals surface area contributed by atoms with E-state index < -0.39 is 18.3 Å². The second kappa shape index (κ2) is 10.9. The Morgan fingerprint density at radius 3 is 2.58 bits per heavy atom. The molecule has 0 amide bonds. The summed E-state index contributed by atoms with van der Waals surface area (Å²) in [7, 11) is 0. The fraction of sp³-hybridized carbons (Fsp3) is 0.267. The Balaban J connectivity index is 1.23. The normalized spacial score (nSPS) is 18.8. The molecule has 1 aliphatic heterocycles. The number of nitrogens with zero attached hydrogens (tertiary/aromatic N) is 2. The minimum atomic E-state index is -1.62. The van der Waals surface area contributed by atoms with Crippen LogP contribution in [0.25, 0.3) is 22.0 Å². The predicted octanol–water partition coefficient (Wildman–Crippen LogP) is 7.06. The monoisotopic (exact) mass is 582 g/mol. The molecule has 1 aromatic heterocycles. The molecule has 0 saturated heterocycles. The van der Waals surface area contributed by atoms with Crippen molar-refractivity contribution < 1.29 is 28.6 Å². The number of aliphatic hydroxyl groups is 2. The average molecular weight is 583 g/mol. The number of aromatic nitrogens is 1. The third-order valence-electron chi connectivity index (χ3n) is 7.06. The molecule has 2 atom stereocenters. The fourth-order valence-corrected chi connectivity index (χ4v) is 5.36. The van der Waals surface area contributed by atoms with Crippen LogP contribution >= 0.6 is 23.2 Å². The summed E-state index contributed by atoms with van der Waals surface area (Å²) in [6.45, 7) is 1.98. The van der Waals surface area contributed by atoms with E-state index in [2.05, 4.69) is 10.1 Å². The Bertz CT molecular complexity index is 1630. The molecular formula is C30H25Cl2FN2O5. The van der Waals surface area contributed by atoms with Gasteiger partial charge in [-0.2, -0.15) is 0 Å². The van der Waals surface area contributed by atoms with Gasteiger partial charge in [-0.25, -0.2) is 9.38 Å². The predicted molar refractivity (Wildman–Crippen MR) is 151 cm³/mol. The zero-order chi connectivity index (χ0) is 28.0. The van der Waals surface area contributed by atoms with Crippen molar-refractivity contribution >= 4 is 40.2 Å². The van der Waals surface area contributed by atoms with Crippen molar-refractivity contribution in [2.45, 2.75) is 44.8 Å². The lowest BCUT2D eigenvalue weighted by Crippen LogP contribution is -2.27. The molecule has 1 saturated carbocycles. The van der Waals surface area contributed by atoms with Crippen molar-refractivity contribution in [1.82, 2.24) is 5.16 Å². The number of hydrogen-bond donors (Lipinski definition) is 2. The third-order valence-corrected chi connectivity index (χ3v) is 7.69. The Kier molecular flexibility index (Phi) is 7.27. The fourth-order valence-electron chi connectivity index (χ4n) is 4.78. The highest BCUT2D eigenvalue weighted by Crippen LogP contribution is 2.46. The first-order valence-electron chi connectivity index (χ1n) is 12.9. The van der Waals surface area contributed by atoms with E-state index in [0.29, 0.717) is 37.8 Å². The summed E-state index contributed by atoms with van der Waals surface area (Å²) in [4.78, 5) is 4.20. The highest BCUT2D eigenvalue weighted by molar-refractivity contribution is 6.39. The molecule has 2 aliphatic rings. The summed E-state index contributed by atoms with van der Waals surface area (Å²) in [5.41, 5.74) is 2.22. The van der Waals surface area contributed by atoms with Crippen LogP contribution in [0.1, 0.15) is 37.0 Å². The smallest absolute Gasteiger partial charge is 0.195 e. The number of fused-ring (bicyclic) bond motifs is 1. The van der Waals surface area contributed by atoms with E-state index in [0.717, 1.165) is 24.2 Å². The Morgan fingerprint density at radius 1 is 1.10 bits per heavy atom. The molecule has 1 aliphatic carbocycles. The standard InChI is InChI=1S/C30H25Cl2FN2O5/c1-15-11-18(30(36)37)13-34-29(15)39-24-10-7-17-12-19(8-9-20(17)26(24)33)38-14-21-27(35-40-28(21)16-5-6-16)25-22(31)3-2-4-23(25)32/h2-4,7-13,15-16,29-30,36-37H,5-6,14H2,1H3. The molecule has 4 aromatic rings. The molecule has 206 valence electrons. The second-order valence-corrected chi connectivity index (χ2v) is 10.8. The molecule has 40 heavy (non-hydrogen) atoms. The molecular weight excluding hydrogens is 558 g/mol. The topological polar surface area (TPSA) is 97.3 Å². The minimum absolute atomic E-state index is 0.0522. The number of benzene rings is 3. The molecule has 1 fully saturated rings. The number of aliphatic hydroxyl groups excluding tert-OH is 1. The van der Waals surface area contributed by atoms with E-state index in [1.807, 2.05) is 0 Å². The molecule has 0 spiro atoms. The maximum absolute atomic E-state index is 15.4. The Labute approximate surface area is 239 Å². The van der Waals surface area contributed by atoms with Gasteiger partial charge in [0.2, 0.25) is 0 Å². The molecule has 0 radical (unpaired) electrons. The van der Waals surface area contributed by atoms with Crippen LogP contribution in [0.5, 0.6) is 11.5 Å². The van der Waals surface area contributed by atoms with Crippen LogP contribution in [-0.2, 0) is 6.61 Å². The van der Waals surface area contributed by atoms with Gasteiger partial charge in [-0.1, -0.05) is 53.5 Å². The zero-order valence-corrected chi connectivity index (χ0v) is 22.9. The largest absolute Gasteiger partial charge is 0.489 e. The van der Waals surface area contributed by atoms with Crippen molar-refractivity contribution in [3.05, 3.63) is 87.4 Å². The second-order valence-electron chi connectivity index (χ2n) is 9.98. The quantitative estimate of drug-likeness (QED) is 0.216. The van der Waals surface area contributed by atoms with E-state index >= 15 is 4.39 Å². The third kappa shape index (κ3) is 5.20. The van der Waals surface area contributed by atoms with E-state index in [1.54, 1.807) is 61.5 Å². The van der Waals surface area contributed by atoms with E-state index in [4.69, 9.17) is 37.2 Å². The van der Waals surface area contributed by atoms with Crippen LogP contribution in [0, 0.1) is 11.7 Å². The van der Waals surface area contributed by atoms with Crippen LogP contribution in [0.3, 0.4) is 0 Å². The number of halogens is 3. The van der Waals surface area contributed by atoms with Crippen LogP contribution in [0.2, 0.25) is 10.0 Å². The van der Waals surface area contributed by atoms with Gasteiger partial charge in [0, 0.05) is 34.6 Å². The number of aliphatic imine (C=N–C) groups is 1. The van der Waals surface area contributed by atoms with Crippen LogP contribution in [-0.4, -0.2) is 34.1 Å². The van der Waals surface area contributed by atoms with Crippen molar-refractivity contribution in [2.75, 3.05) is 0 Å². The first-order valence-corrected chi connectivity index (χ1v) is 13.6. The molecule has 2 unspecified atom stereocenters. The van der Waals surface area contributed by atoms with Gasteiger partial charge < -0.3 is 24.2 Å². The maximum Gasteiger partial charge on any atom is 0.195 e. The van der Waals surface area contributed by atoms with Gasteiger partial charge in [0.25, 0.3) is 0 Å². The SMILES string of the molecule is CC1C=C(C(O)O)C=NC1Oc1ccc2cc(OCc3c(-c4c(Cl)cccc4Cl)noc3C3CC3)ccc2c1F. The summed E-state index contributed by atoms with van der Waals surface area (Å²) >= 11 is 12.9. The molecule has 6 rings (SSSR count). The molecule has 3 aromatic carbocycles. The van der Waals surface area contributed by atoms with E-state index in [-0.39, 0.29) is 29.8 Å². The summed E-state index contributed by atoms with van der Waals surface area (Å²) in [6.07, 6.45) is 2.69. The highest BCUT2D eigenvalue weighted by Gasteiger charge is 2.33. The van der Waals surface area contributed by atoms with Gasteiger partial charge >= 0.3 is 0 Å². The molecule has 7 nitrogen and oxygen atoms in total. The minimum Gasteiger partial charge on any atom is -0.489 e. The zero-order valence-electron chi connectivity index (χ0n) is 21.4. The summed E-state index contributed by atoms with van der Waals surface area (Å²) in [6, 6.07) is 13.7. The van der Waals surface area contributed by atoms with Gasteiger partial charge in [-0.15, -0.1) is 0 Å². The number of rotatable bonds is 8. The Morgan fingerprint density at radius 2 is 1.88 bits per heavy atom. The summed E-state index contributed by atoms with van der Waals surface area (Å²) in [5, 5.41) is 24.9. The van der Waals surface area contributed by atoms with Gasteiger partial charge in [-0.05, 0) is 54.6 Å². The van der Waals surface area contributed by atoms with Crippen molar-refractivity contribution in [3.8, 4) is 22.8 Å². The summed E-state index contributed by atoms with van der Waals surface area (Å²) in [5.74, 6) is 0.860. The average Bonchev–Trinajstić information content (AvgIpc) is 3.70. The van der Waals surface area contributed by atoms with E-state index in [1.165, 1.54) is 6.21 Å². The lowest BCUT2D eigenvalue weighted by molar-refractivity contribution is -0.00399. The highest BCUT2D eigenvalue weighted by atomic mass is 35.5. The maximum atomic E-state index is 15.4. The van der Waals surface area contributed by atoms with Crippen molar-refractivity contribution in [1.29, 1.82) is 0 Å². The van der Waals surface area contributed by atoms with Gasteiger partial charge in [0.15, 0.2) is 24.1 Å². The van der Waals surface area contributed by atoms with Gasteiger partial charge in [0.1, 0.15) is 23.8 Å². The number of dihydropyridines is 1. The van der Waals surface area contributed by atoms with Crippen molar-refractivity contribution in [2.24, 2.45) is 10.9 Å². The first-order chi connectivity index (χ1) is 19.3. The molecule has 2 heterocycles. The molecule has 0 bridgehead atoms. The number of hydrogen-bond acceptors (Lipinski definition) is 7. The first kappa shape index (κ1) is 26.8. The molecule has 10 heteroatoms. The van der Waals surface area contributed by atoms with Gasteiger partial charge in [0.05, 0.1) is 15.6 Å². The van der Waals surface area contributed by atoms with E-state index in [9.17, 15) is 10.2 Å². The lowest BCUT2D eigenvalue weighted by Gasteiger charge is -2.24. The Hall–Kier alpha value is -3.43.